The summed E-state index contributed by atoms with van der Waals surface area (Å²) in [5.41, 5.74) is 6.74. The van der Waals surface area contributed by atoms with Crippen molar-refractivity contribution in [2.45, 2.75) is 19.4 Å². The van der Waals surface area contributed by atoms with Gasteiger partial charge in [-0.3, -0.25) is 14.3 Å². The number of amidine groups is 1. The number of halogens is 2. The van der Waals surface area contributed by atoms with Crippen molar-refractivity contribution in [1.29, 1.82) is 0 Å². The third-order valence-corrected chi connectivity index (χ3v) is 2.59. The van der Waals surface area contributed by atoms with E-state index in [4.69, 9.17) is 5.73 Å². The van der Waals surface area contributed by atoms with Crippen LogP contribution in [0.4, 0.5) is 8.87 Å². The summed E-state index contributed by atoms with van der Waals surface area (Å²) in [6, 6.07) is 1.66. The maximum Gasteiger partial charge on any atom is 0.255 e. The second-order valence-electron chi connectivity index (χ2n) is 3.87. The second kappa shape index (κ2) is 6.62. The van der Waals surface area contributed by atoms with Crippen LogP contribution in [0.3, 0.4) is 0 Å². The van der Waals surface area contributed by atoms with Gasteiger partial charge in [0.15, 0.2) is 5.84 Å². The lowest BCUT2D eigenvalue weighted by Crippen LogP contribution is -2.42. The smallest absolute Gasteiger partial charge is 0.255 e. The van der Waals surface area contributed by atoms with Gasteiger partial charge in [0.2, 0.25) is 0 Å². The van der Waals surface area contributed by atoms with E-state index in [9.17, 15) is 13.7 Å². The summed E-state index contributed by atoms with van der Waals surface area (Å²) in [7, 11) is 0.500. The molecule has 1 amide bonds. The minimum absolute atomic E-state index is 0.0445. The van der Waals surface area contributed by atoms with Gasteiger partial charge in [-0.25, -0.2) is 0 Å². The summed E-state index contributed by atoms with van der Waals surface area (Å²) in [4.78, 5) is 11.8. The molecule has 19 heavy (non-hydrogen) atoms. The Morgan fingerprint density at radius 1 is 1.58 bits per heavy atom. The maximum atomic E-state index is 12.3. The Labute approximate surface area is 108 Å². The van der Waals surface area contributed by atoms with Crippen LogP contribution in [-0.2, 0) is 4.79 Å². The van der Waals surface area contributed by atoms with Crippen molar-refractivity contribution in [3.63, 3.8) is 0 Å². The molecule has 0 radical (unpaired) electrons. The van der Waals surface area contributed by atoms with E-state index in [1.807, 2.05) is 6.92 Å². The van der Waals surface area contributed by atoms with Crippen LogP contribution in [0.5, 0.6) is 0 Å². The van der Waals surface area contributed by atoms with Gasteiger partial charge in [-0.1, -0.05) is 9.70 Å². The normalized spacial score (nSPS) is 19.7. The zero-order valence-electron chi connectivity index (χ0n) is 10.6. The van der Waals surface area contributed by atoms with Crippen LogP contribution in [0.2, 0.25) is 0 Å². The first-order valence-electron chi connectivity index (χ1n) is 5.50. The van der Waals surface area contributed by atoms with Crippen molar-refractivity contribution in [1.82, 2.24) is 15.5 Å². The zero-order valence-corrected chi connectivity index (χ0v) is 10.6. The van der Waals surface area contributed by atoms with Gasteiger partial charge in [-0.2, -0.15) is 5.10 Å². The van der Waals surface area contributed by atoms with E-state index in [1.165, 1.54) is 0 Å². The molecule has 0 saturated heterocycles. The summed E-state index contributed by atoms with van der Waals surface area (Å²) in [5, 5.41) is 11.6. The highest BCUT2D eigenvalue weighted by Crippen LogP contribution is 2.26. The maximum absolute atomic E-state index is 12.3. The van der Waals surface area contributed by atoms with Gasteiger partial charge in [-0.05, 0) is 25.0 Å². The fourth-order valence-electron chi connectivity index (χ4n) is 1.87. The van der Waals surface area contributed by atoms with Gasteiger partial charge in [0.25, 0.3) is 5.91 Å². The monoisotopic (exact) mass is 271 g/mol. The minimum atomic E-state index is -0.424. The molecule has 1 aliphatic rings. The van der Waals surface area contributed by atoms with Crippen LogP contribution in [0.15, 0.2) is 23.1 Å². The van der Waals surface area contributed by atoms with E-state index in [-0.39, 0.29) is 11.6 Å². The molecule has 0 saturated carbocycles. The predicted octanol–water partition coefficient (Wildman–Crippen LogP) is 0.899. The molecule has 2 rings (SSSR count). The van der Waals surface area contributed by atoms with Crippen LogP contribution < -0.4 is 11.1 Å². The molecule has 1 aliphatic heterocycles. The molecule has 8 heteroatoms. The number of nitrogens with one attached hydrogen (secondary N) is 2. The Balaban J connectivity index is 0.000000861. The number of nitrogens with zero attached hydrogens (tertiary/aromatic N) is 2. The molecule has 4 N–H and O–H groups in total. The number of carbonyl (C=O) groups is 1. The van der Waals surface area contributed by atoms with Crippen molar-refractivity contribution in [2.24, 2.45) is 10.9 Å². The van der Waals surface area contributed by atoms with Gasteiger partial charge in [0, 0.05) is 12.2 Å². The molecular formula is C11H15F2N5O. The number of hydrogen-bond acceptors (Lipinski definition) is 3. The molecule has 104 valence electrons. The van der Waals surface area contributed by atoms with Gasteiger partial charge in [0.05, 0.1) is 18.4 Å². The van der Waals surface area contributed by atoms with Crippen molar-refractivity contribution in [3.8, 4) is 0 Å². The summed E-state index contributed by atoms with van der Waals surface area (Å²) < 4.78 is 21.8. The van der Waals surface area contributed by atoms with E-state index in [0.717, 1.165) is 0 Å². The third kappa shape index (κ3) is 3.15. The molecule has 0 spiro atoms. The molecular weight excluding hydrogens is 256 g/mol. The SMILES string of the molecule is CC1CC(c2ccn[nH]2)=C(/C(N)=N/F)C(=O)N1.CF. The van der Waals surface area contributed by atoms with Gasteiger partial charge in [0.1, 0.15) is 0 Å². The number of rotatable bonds is 2. The molecule has 1 aromatic heterocycles. The van der Waals surface area contributed by atoms with Crippen LogP contribution in [0.25, 0.3) is 5.57 Å². The van der Waals surface area contributed by atoms with E-state index in [2.05, 4.69) is 20.7 Å². The molecule has 2 heterocycles. The highest BCUT2D eigenvalue weighted by Gasteiger charge is 2.28. The molecule has 0 aromatic carbocycles. The van der Waals surface area contributed by atoms with Crippen molar-refractivity contribution in [3.05, 3.63) is 23.5 Å². The number of aromatic amines is 1. The second-order valence-corrected chi connectivity index (χ2v) is 3.87. The fourth-order valence-corrected chi connectivity index (χ4v) is 1.87. The molecule has 0 bridgehead atoms. The van der Waals surface area contributed by atoms with Crippen molar-refractivity contribution in [2.75, 3.05) is 7.18 Å². The van der Waals surface area contributed by atoms with Crippen molar-refractivity contribution < 1.29 is 13.7 Å². The topological polar surface area (TPSA) is 96.2 Å². The van der Waals surface area contributed by atoms with E-state index >= 15 is 0 Å². The molecule has 1 atom stereocenters. The Kier molecular flexibility index (Phi) is 5.16. The first-order chi connectivity index (χ1) is 9.13. The standard InChI is InChI=1S/C10H12FN5O.CH3F/c1-5-4-6(7-2-3-13-16-7)8(9(12)15-11)10(17)14-5;1-2/h2-3,5H,4H2,1H3,(H2,12,15)(H,13,16)(H,14,17);1H3. The number of alkyl halides is 1. The summed E-state index contributed by atoms with van der Waals surface area (Å²) >= 11 is 0. The van der Waals surface area contributed by atoms with Crippen LogP contribution in [-0.4, -0.2) is 35.2 Å². The van der Waals surface area contributed by atoms with Crippen LogP contribution >= 0.6 is 0 Å². The average molecular weight is 271 g/mol. The lowest BCUT2D eigenvalue weighted by Gasteiger charge is -2.24. The number of H-pyrrole nitrogens is 1. The Hall–Kier alpha value is -2.25. The van der Waals surface area contributed by atoms with Gasteiger partial charge in [-0.15, -0.1) is 0 Å². The lowest BCUT2D eigenvalue weighted by molar-refractivity contribution is -0.117. The third-order valence-electron chi connectivity index (χ3n) is 2.59. The van der Waals surface area contributed by atoms with E-state index in [0.29, 0.717) is 24.9 Å². The molecule has 6 nitrogen and oxygen atoms in total. The number of hydrogen-bond donors (Lipinski definition) is 3. The van der Waals surface area contributed by atoms with E-state index in [1.54, 1.807) is 12.3 Å². The summed E-state index contributed by atoms with van der Waals surface area (Å²) in [5.74, 6) is -0.841. The number of amides is 1. The molecule has 1 aromatic rings. The first kappa shape index (κ1) is 14.8. The van der Waals surface area contributed by atoms with Gasteiger partial charge < -0.3 is 11.1 Å². The largest absolute Gasteiger partial charge is 0.381 e. The number of nitrogens with two attached hydrogens (primary N) is 1. The van der Waals surface area contributed by atoms with Crippen LogP contribution in [0, 0.1) is 0 Å². The Morgan fingerprint density at radius 3 is 2.79 bits per heavy atom. The highest BCUT2D eigenvalue weighted by atomic mass is 19.2. The molecule has 0 fully saturated rings. The van der Waals surface area contributed by atoms with Crippen LogP contribution in [0.1, 0.15) is 19.0 Å². The van der Waals surface area contributed by atoms with Gasteiger partial charge >= 0.3 is 0 Å². The molecule has 0 aliphatic carbocycles. The Morgan fingerprint density at radius 2 is 2.26 bits per heavy atom. The average Bonchev–Trinajstić information content (AvgIpc) is 2.93. The Bertz CT molecular complexity index is 495. The minimum Gasteiger partial charge on any atom is -0.381 e. The quantitative estimate of drug-likeness (QED) is 0.550. The number of aromatic nitrogens is 2. The highest BCUT2D eigenvalue weighted by molar-refractivity contribution is 6.25. The zero-order chi connectivity index (χ0) is 14.4. The fraction of sp³-hybridized carbons (Fsp3) is 0.364. The summed E-state index contributed by atoms with van der Waals surface area (Å²) in [6.45, 7) is 1.85. The number of carbonyl (C=O) groups excluding carboxylic acids is 1. The molecule has 1 unspecified atom stereocenters. The lowest BCUT2D eigenvalue weighted by atomic mass is 9.93. The summed E-state index contributed by atoms with van der Waals surface area (Å²) in [6.07, 6.45) is 2.10. The van der Waals surface area contributed by atoms with Crippen molar-refractivity contribution >= 4 is 17.3 Å². The van der Waals surface area contributed by atoms with E-state index < -0.39 is 11.7 Å². The first-order valence-corrected chi connectivity index (χ1v) is 5.50. The predicted molar refractivity (Wildman–Crippen MR) is 67.5 cm³/mol.